The van der Waals surface area contributed by atoms with Gasteiger partial charge < -0.3 is 24.4 Å². The average Bonchev–Trinajstić information content (AvgIpc) is 2.95. The zero-order valence-electron chi connectivity index (χ0n) is 12.9. The molecule has 1 saturated heterocycles. The van der Waals surface area contributed by atoms with Crippen molar-refractivity contribution in [1.29, 1.82) is 0 Å². The Kier molecular flexibility index (Phi) is 4.51. The van der Waals surface area contributed by atoms with Crippen LogP contribution in [0.4, 0.5) is 0 Å². The van der Waals surface area contributed by atoms with Gasteiger partial charge in [-0.15, -0.1) is 0 Å². The molecule has 1 aromatic carbocycles. The van der Waals surface area contributed by atoms with Gasteiger partial charge in [0.15, 0.2) is 11.5 Å². The van der Waals surface area contributed by atoms with Crippen LogP contribution in [0.5, 0.6) is 17.2 Å². The van der Waals surface area contributed by atoms with E-state index in [0.717, 1.165) is 36.9 Å². The third-order valence-corrected chi connectivity index (χ3v) is 4.12. The predicted molar refractivity (Wildman–Crippen MR) is 81.1 cm³/mol. The van der Waals surface area contributed by atoms with Crippen molar-refractivity contribution in [1.82, 2.24) is 10.2 Å². The lowest BCUT2D eigenvalue weighted by Gasteiger charge is -2.28. The van der Waals surface area contributed by atoms with Crippen molar-refractivity contribution in [3.8, 4) is 17.2 Å². The number of fused-ring (bicyclic) bond motifs is 1. The molecule has 0 radical (unpaired) electrons. The minimum absolute atomic E-state index is 0.275. The molecule has 5 heteroatoms. The predicted octanol–water partition coefficient (Wildman–Crippen LogP) is 2.00. The molecule has 1 unspecified atom stereocenters. The van der Waals surface area contributed by atoms with Gasteiger partial charge in [-0.2, -0.15) is 0 Å². The molecule has 0 saturated carbocycles. The van der Waals surface area contributed by atoms with Crippen molar-refractivity contribution < 1.29 is 14.2 Å². The molecule has 21 heavy (non-hydrogen) atoms. The van der Waals surface area contributed by atoms with Crippen LogP contribution in [0.25, 0.3) is 0 Å². The molecule has 0 bridgehead atoms. The fraction of sp³-hybridized carbons (Fsp3) is 0.625. The standard InChI is InChI=1S/C16H24N2O3/c1-18(10-13-5-3-4-6-17-13)9-12-7-14(19-2)16-15(8-12)20-11-21-16/h7-8,13,17H,3-6,9-11H2,1-2H3. The van der Waals surface area contributed by atoms with Gasteiger partial charge in [0.1, 0.15) is 0 Å². The second-order valence-corrected chi connectivity index (χ2v) is 5.88. The molecule has 2 aliphatic heterocycles. The molecule has 0 spiro atoms. The van der Waals surface area contributed by atoms with Gasteiger partial charge in [-0.3, -0.25) is 0 Å². The Morgan fingerprint density at radius 1 is 1.33 bits per heavy atom. The Labute approximate surface area is 126 Å². The normalized spacial score (nSPS) is 20.8. The number of hydrogen-bond donors (Lipinski definition) is 1. The van der Waals surface area contributed by atoms with Crippen LogP contribution in [0.15, 0.2) is 12.1 Å². The summed E-state index contributed by atoms with van der Waals surface area (Å²) in [4.78, 5) is 2.35. The molecule has 2 heterocycles. The second kappa shape index (κ2) is 6.54. The topological polar surface area (TPSA) is 43.0 Å². The summed E-state index contributed by atoms with van der Waals surface area (Å²) in [5, 5.41) is 3.59. The van der Waals surface area contributed by atoms with Crippen LogP contribution in [0, 0.1) is 0 Å². The lowest BCUT2D eigenvalue weighted by Crippen LogP contribution is -2.42. The van der Waals surface area contributed by atoms with Gasteiger partial charge in [0.2, 0.25) is 12.5 Å². The fourth-order valence-electron chi connectivity index (χ4n) is 3.11. The number of ether oxygens (including phenoxy) is 3. The van der Waals surface area contributed by atoms with Gasteiger partial charge in [0.05, 0.1) is 7.11 Å². The minimum Gasteiger partial charge on any atom is -0.493 e. The zero-order chi connectivity index (χ0) is 14.7. The SMILES string of the molecule is COc1cc(CN(C)CC2CCCCN2)cc2c1OCO2. The average molecular weight is 292 g/mol. The first-order valence-corrected chi connectivity index (χ1v) is 7.64. The minimum atomic E-state index is 0.275. The number of nitrogens with zero attached hydrogens (tertiary/aromatic N) is 1. The van der Waals surface area contributed by atoms with E-state index < -0.39 is 0 Å². The summed E-state index contributed by atoms with van der Waals surface area (Å²) < 4.78 is 16.3. The molecule has 0 amide bonds. The first-order chi connectivity index (χ1) is 10.3. The van der Waals surface area contributed by atoms with E-state index in [4.69, 9.17) is 14.2 Å². The van der Waals surface area contributed by atoms with E-state index in [1.165, 1.54) is 24.8 Å². The lowest BCUT2D eigenvalue weighted by atomic mass is 10.0. The number of piperidine rings is 1. The van der Waals surface area contributed by atoms with Crippen LogP contribution in [0.2, 0.25) is 0 Å². The van der Waals surface area contributed by atoms with Crippen LogP contribution >= 0.6 is 0 Å². The summed E-state index contributed by atoms with van der Waals surface area (Å²) in [6.07, 6.45) is 3.91. The first kappa shape index (κ1) is 14.5. The summed E-state index contributed by atoms with van der Waals surface area (Å²) >= 11 is 0. The molecular weight excluding hydrogens is 268 g/mol. The Morgan fingerprint density at radius 2 is 2.24 bits per heavy atom. The smallest absolute Gasteiger partial charge is 0.231 e. The van der Waals surface area contributed by atoms with E-state index in [2.05, 4.69) is 23.3 Å². The number of benzene rings is 1. The molecule has 3 rings (SSSR count). The monoisotopic (exact) mass is 292 g/mol. The zero-order valence-corrected chi connectivity index (χ0v) is 12.9. The van der Waals surface area contributed by atoms with Crippen LogP contribution in [0.1, 0.15) is 24.8 Å². The van der Waals surface area contributed by atoms with E-state index in [-0.39, 0.29) is 6.79 Å². The Morgan fingerprint density at radius 3 is 3.00 bits per heavy atom. The molecule has 1 fully saturated rings. The highest BCUT2D eigenvalue weighted by Crippen LogP contribution is 2.41. The van der Waals surface area contributed by atoms with Crippen molar-refractivity contribution in [2.24, 2.45) is 0 Å². The van der Waals surface area contributed by atoms with E-state index in [1.807, 2.05) is 6.07 Å². The van der Waals surface area contributed by atoms with Crippen molar-refractivity contribution in [3.63, 3.8) is 0 Å². The quantitative estimate of drug-likeness (QED) is 0.899. The molecule has 5 nitrogen and oxygen atoms in total. The molecular formula is C16H24N2O3. The Bertz CT molecular complexity index is 487. The van der Waals surface area contributed by atoms with Gasteiger partial charge in [0, 0.05) is 19.1 Å². The Hall–Kier alpha value is -1.46. The molecule has 1 atom stereocenters. The van der Waals surface area contributed by atoms with Gasteiger partial charge in [-0.05, 0) is 44.1 Å². The van der Waals surface area contributed by atoms with Crippen molar-refractivity contribution in [3.05, 3.63) is 17.7 Å². The summed E-state index contributed by atoms with van der Waals surface area (Å²) in [7, 11) is 3.82. The molecule has 1 aromatic rings. The maximum Gasteiger partial charge on any atom is 0.231 e. The number of hydrogen-bond acceptors (Lipinski definition) is 5. The maximum atomic E-state index is 5.48. The van der Waals surface area contributed by atoms with E-state index >= 15 is 0 Å². The van der Waals surface area contributed by atoms with E-state index in [0.29, 0.717) is 6.04 Å². The van der Waals surface area contributed by atoms with E-state index in [1.54, 1.807) is 7.11 Å². The summed E-state index contributed by atoms with van der Waals surface area (Å²) in [5.41, 5.74) is 1.19. The third kappa shape index (κ3) is 3.41. The van der Waals surface area contributed by atoms with E-state index in [9.17, 15) is 0 Å². The lowest BCUT2D eigenvalue weighted by molar-refractivity contribution is 0.171. The second-order valence-electron chi connectivity index (χ2n) is 5.88. The summed E-state index contributed by atoms with van der Waals surface area (Å²) in [6.45, 7) is 3.37. The maximum absolute atomic E-state index is 5.48. The Balaban J connectivity index is 1.64. The first-order valence-electron chi connectivity index (χ1n) is 7.64. The number of likely N-dealkylation sites (N-methyl/N-ethyl adjacent to an activating group) is 1. The van der Waals surface area contributed by atoms with Crippen LogP contribution in [-0.4, -0.2) is 45.0 Å². The number of methoxy groups -OCH3 is 1. The van der Waals surface area contributed by atoms with Gasteiger partial charge >= 0.3 is 0 Å². The van der Waals surface area contributed by atoms with Crippen LogP contribution in [-0.2, 0) is 6.54 Å². The molecule has 1 N–H and O–H groups in total. The molecule has 2 aliphatic rings. The summed E-state index contributed by atoms with van der Waals surface area (Å²) in [5.74, 6) is 2.26. The van der Waals surface area contributed by atoms with Gasteiger partial charge in [-0.25, -0.2) is 0 Å². The summed E-state index contributed by atoms with van der Waals surface area (Å²) in [6, 6.07) is 4.70. The molecule has 0 aliphatic carbocycles. The highest BCUT2D eigenvalue weighted by molar-refractivity contribution is 5.55. The molecule has 116 valence electrons. The van der Waals surface area contributed by atoms with Crippen molar-refractivity contribution in [2.75, 3.05) is 34.0 Å². The number of nitrogens with one attached hydrogen (secondary N) is 1. The highest BCUT2D eigenvalue weighted by Gasteiger charge is 2.21. The highest BCUT2D eigenvalue weighted by atomic mass is 16.7. The van der Waals surface area contributed by atoms with Crippen LogP contribution < -0.4 is 19.5 Å². The molecule has 0 aromatic heterocycles. The number of rotatable bonds is 5. The van der Waals surface area contributed by atoms with Crippen molar-refractivity contribution in [2.45, 2.75) is 31.8 Å². The third-order valence-electron chi connectivity index (χ3n) is 4.12. The van der Waals surface area contributed by atoms with Gasteiger partial charge in [0.25, 0.3) is 0 Å². The van der Waals surface area contributed by atoms with Crippen LogP contribution in [0.3, 0.4) is 0 Å². The van der Waals surface area contributed by atoms with Crippen molar-refractivity contribution >= 4 is 0 Å². The largest absolute Gasteiger partial charge is 0.493 e. The fourth-order valence-corrected chi connectivity index (χ4v) is 3.11. The van der Waals surface area contributed by atoms with Gasteiger partial charge in [-0.1, -0.05) is 6.42 Å².